The van der Waals surface area contributed by atoms with Gasteiger partial charge < -0.3 is 23.8 Å². The quantitative estimate of drug-likeness (QED) is 0.0288. The fraction of sp³-hybridized carbons (Fsp3) is 0.688. The van der Waals surface area contributed by atoms with E-state index in [-0.39, 0.29) is 42.7 Å². The van der Waals surface area contributed by atoms with Crippen molar-refractivity contribution in [2.45, 2.75) is 174 Å². The lowest BCUT2D eigenvalue weighted by Gasteiger charge is -2.31. The third-order valence-corrected chi connectivity index (χ3v) is 9.35. The molecule has 0 radical (unpaired) electrons. The van der Waals surface area contributed by atoms with Crippen LogP contribution in [0, 0.1) is 0 Å². The zero-order valence-corrected chi connectivity index (χ0v) is 36.3. The molecule has 0 rings (SSSR count). The maximum atomic E-state index is 12.7. The number of carbonyl (C=O) groups is 3. The van der Waals surface area contributed by atoms with Crippen molar-refractivity contribution in [1.29, 1.82) is 0 Å². The monoisotopic (exact) mass is 785 g/mol. The van der Waals surface area contributed by atoms with Gasteiger partial charge in [-0.05, 0) is 70.6 Å². The van der Waals surface area contributed by atoms with Gasteiger partial charge in [-0.1, -0.05) is 145 Å². The maximum absolute atomic E-state index is 12.7. The molecule has 0 saturated carbocycles. The molecular formula is C48H82NO7+. The molecule has 0 amide bonds. The van der Waals surface area contributed by atoms with Gasteiger partial charge in [0.1, 0.15) is 6.61 Å². The van der Waals surface area contributed by atoms with Gasteiger partial charge >= 0.3 is 17.9 Å². The van der Waals surface area contributed by atoms with Gasteiger partial charge in [0, 0.05) is 19.3 Å². The van der Waals surface area contributed by atoms with Crippen molar-refractivity contribution in [3.63, 3.8) is 0 Å². The predicted molar refractivity (Wildman–Crippen MR) is 233 cm³/mol. The molecule has 0 bridgehead atoms. The van der Waals surface area contributed by atoms with Gasteiger partial charge in [-0.2, -0.15) is 0 Å². The number of likely N-dealkylation sites (N-methyl/N-ethyl adjacent to an activating group) is 1. The standard InChI is InChI=1S/C48H81NO7/c1-6-8-10-12-14-16-18-20-21-22-23-24-25-27-28-30-32-34-36-38-46(50)55-43-44(42-54-41-40-45(48(52)53)49(3,4)5)56-47(51)39-37-35-33-31-29-26-19-17-15-13-11-9-7-2/h8,10,14,16,20-21,23-24,26,29,33,35,44-45H,6-7,9,11-13,15,17-19,22,25,27-28,30-32,34,36-43H2,1-5H3/p+1/b10-8+,16-14+,21-20+,24-23+,29-26+,35-33+. The highest BCUT2D eigenvalue weighted by Gasteiger charge is 2.31. The highest BCUT2D eigenvalue weighted by Crippen LogP contribution is 2.12. The Balaban J connectivity index is 4.42. The Morgan fingerprint density at radius 2 is 1.04 bits per heavy atom. The highest BCUT2D eigenvalue weighted by atomic mass is 16.6. The highest BCUT2D eigenvalue weighted by molar-refractivity contribution is 5.72. The van der Waals surface area contributed by atoms with Crippen molar-refractivity contribution >= 4 is 17.9 Å². The molecule has 0 aliphatic carbocycles. The SMILES string of the molecule is CC/C=C/C/C=C/C/C=C/C/C=C/CCCCCCCCC(=O)OCC(COCCC(C(=O)O)[N+](C)(C)C)OC(=O)CC/C=C/C/C=C/CCCCCCCC. The molecule has 0 aromatic rings. The van der Waals surface area contributed by atoms with Crippen LogP contribution in [0.3, 0.4) is 0 Å². The Labute approximate surface area is 342 Å². The van der Waals surface area contributed by atoms with Crippen molar-refractivity contribution in [2.75, 3.05) is 41.0 Å². The molecule has 0 aliphatic heterocycles. The van der Waals surface area contributed by atoms with Crippen molar-refractivity contribution in [1.82, 2.24) is 0 Å². The summed E-state index contributed by atoms with van der Waals surface area (Å²) in [5.74, 6) is -1.58. The van der Waals surface area contributed by atoms with Crippen LogP contribution >= 0.6 is 0 Å². The Morgan fingerprint density at radius 1 is 0.554 bits per heavy atom. The molecule has 0 aliphatic rings. The number of allylic oxidation sites excluding steroid dienone is 12. The van der Waals surface area contributed by atoms with Gasteiger partial charge in [-0.3, -0.25) is 9.59 Å². The van der Waals surface area contributed by atoms with Gasteiger partial charge in [-0.15, -0.1) is 0 Å². The van der Waals surface area contributed by atoms with E-state index in [0.717, 1.165) is 70.6 Å². The summed E-state index contributed by atoms with van der Waals surface area (Å²) >= 11 is 0. The molecule has 2 unspecified atom stereocenters. The number of esters is 2. The summed E-state index contributed by atoms with van der Waals surface area (Å²) < 4.78 is 17.2. The van der Waals surface area contributed by atoms with E-state index in [1.165, 1.54) is 51.4 Å². The first-order chi connectivity index (χ1) is 27.1. The van der Waals surface area contributed by atoms with Gasteiger partial charge in [-0.25, -0.2) is 4.79 Å². The molecule has 0 aromatic carbocycles. The number of hydrogen-bond acceptors (Lipinski definition) is 6. The van der Waals surface area contributed by atoms with Crippen LogP contribution in [0.1, 0.15) is 162 Å². The van der Waals surface area contributed by atoms with Crippen LogP contribution in [-0.2, 0) is 28.6 Å². The fourth-order valence-electron chi connectivity index (χ4n) is 5.96. The summed E-state index contributed by atoms with van der Waals surface area (Å²) in [6.45, 7) is 4.52. The normalized spacial score (nSPS) is 13.7. The summed E-state index contributed by atoms with van der Waals surface area (Å²) in [6, 6.07) is -0.628. The number of rotatable bonds is 38. The minimum absolute atomic E-state index is 0.0304. The molecule has 8 nitrogen and oxygen atoms in total. The molecule has 0 spiro atoms. The second kappa shape index (κ2) is 38.6. The number of carboxylic acid groups (broad SMARTS) is 1. The molecule has 0 saturated heterocycles. The minimum atomic E-state index is -0.888. The first kappa shape index (κ1) is 52.8. The number of nitrogens with zero attached hydrogens (tertiary/aromatic N) is 1. The van der Waals surface area contributed by atoms with Crippen LogP contribution in [0.5, 0.6) is 0 Å². The maximum Gasteiger partial charge on any atom is 0.362 e. The van der Waals surface area contributed by atoms with Crippen LogP contribution in [0.15, 0.2) is 72.9 Å². The average molecular weight is 785 g/mol. The number of unbranched alkanes of at least 4 members (excludes halogenated alkanes) is 12. The molecule has 1 N–H and O–H groups in total. The first-order valence-electron chi connectivity index (χ1n) is 22.0. The van der Waals surface area contributed by atoms with Crippen molar-refractivity contribution < 1.29 is 38.2 Å². The predicted octanol–water partition coefficient (Wildman–Crippen LogP) is 12.0. The lowest BCUT2D eigenvalue weighted by atomic mass is 10.1. The summed E-state index contributed by atoms with van der Waals surface area (Å²) in [4.78, 5) is 36.9. The second-order valence-electron chi connectivity index (χ2n) is 15.6. The molecule has 320 valence electrons. The van der Waals surface area contributed by atoms with E-state index in [4.69, 9.17) is 14.2 Å². The summed E-state index contributed by atoms with van der Waals surface area (Å²) in [7, 11) is 5.49. The number of ether oxygens (including phenoxy) is 3. The Bertz CT molecular complexity index is 1140. The van der Waals surface area contributed by atoms with Gasteiger partial charge in [0.15, 0.2) is 12.1 Å². The molecule has 2 atom stereocenters. The second-order valence-corrected chi connectivity index (χ2v) is 15.6. The van der Waals surface area contributed by atoms with E-state index in [0.29, 0.717) is 19.3 Å². The fourth-order valence-corrected chi connectivity index (χ4v) is 5.96. The third-order valence-electron chi connectivity index (χ3n) is 9.35. The van der Waals surface area contributed by atoms with Crippen molar-refractivity contribution in [3.8, 4) is 0 Å². The molecule has 0 aromatic heterocycles. The molecule has 56 heavy (non-hydrogen) atoms. The summed E-state index contributed by atoms with van der Waals surface area (Å²) in [6.07, 6.45) is 48.2. The minimum Gasteiger partial charge on any atom is -0.477 e. The number of carboxylic acids is 1. The van der Waals surface area contributed by atoms with E-state index in [1.807, 2.05) is 27.2 Å². The van der Waals surface area contributed by atoms with Crippen molar-refractivity contribution in [2.24, 2.45) is 0 Å². The number of aliphatic carboxylic acids is 1. The Hall–Kier alpha value is -3.23. The van der Waals surface area contributed by atoms with Gasteiger partial charge in [0.25, 0.3) is 0 Å². The van der Waals surface area contributed by atoms with Gasteiger partial charge in [0.2, 0.25) is 0 Å². The lowest BCUT2D eigenvalue weighted by Crippen LogP contribution is -2.50. The number of carbonyl (C=O) groups excluding carboxylic acids is 2. The van der Waals surface area contributed by atoms with E-state index < -0.39 is 18.1 Å². The van der Waals surface area contributed by atoms with Crippen LogP contribution in [0.4, 0.5) is 0 Å². The Morgan fingerprint density at radius 3 is 1.55 bits per heavy atom. The molecule has 8 heteroatoms. The van der Waals surface area contributed by atoms with Gasteiger partial charge in [0.05, 0.1) is 34.4 Å². The molecule has 0 fully saturated rings. The number of hydrogen-bond donors (Lipinski definition) is 1. The average Bonchev–Trinajstić information content (AvgIpc) is 3.15. The van der Waals surface area contributed by atoms with Crippen LogP contribution in [0.25, 0.3) is 0 Å². The topological polar surface area (TPSA) is 99.1 Å². The van der Waals surface area contributed by atoms with Crippen molar-refractivity contribution in [3.05, 3.63) is 72.9 Å². The molecule has 0 heterocycles. The summed E-state index contributed by atoms with van der Waals surface area (Å²) in [5.41, 5.74) is 0. The van der Waals surface area contributed by atoms with E-state index in [9.17, 15) is 19.5 Å². The smallest absolute Gasteiger partial charge is 0.362 e. The largest absolute Gasteiger partial charge is 0.477 e. The van der Waals surface area contributed by atoms with E-state index in [2.05, 4.69) is 80.7 Å². The number of quaternary nitrogens is 1. The zero-order chi connectivity index (χ0) is 41.4. The van der Waals surface area contributed by atoms with E-state index in [1.54, 1.807) is 0 Å². The lowest BCUT2D eigenvalue weighted by molar-refractivity contribution is -0.887. The van der Waals surface area contributed by atoms with Crippen LogP contribution in [0.2, 0.25) is 0 Å². The first-order valence-corrected chi connectivity index (χ1v) is 22.0. The van der Waals surface area contributed by atoms with E-state index >= 15 is 0 Å². The third kappa shape index (κ3) is 36.4. The summed E-state index contributed by atoms with van der Waals surface area (Å²) in [5, 5.41) is 9.61. The zero-order valence-electron chi connectivity index (χ0n) is 36.3. The Kier molecular flexibility index (Phi) is 36.4. The van der Waals surface area contributed by atoms with Crippen LogP contribution in [-0.4, -0.2) is 80.6 Å². The van der Waals surface area contributed by atoms with Crippen LogP contribution < -0.4 is 0 Å². The molecular weight excluding hydrogens is 703 g/mol.